The van der Waals surface area contributed by atoms with Crippen molar-refractivity contribution >= 4 is 11.3 Å². The third kappa shape index (κ3) is 3.88. The van der Waals surface area contributed by atoms with Crippen molar-refractivity contribution in [1.29, 1.82) is 0 Å². The Balaban J connectivity index is 1.22. The van der Waals surface area contributed by atoms with Crippen LogP contribution in [-0.2, 0) is 6.54 Å². The quantitative estimate of drug-likeness (QED) is 0.845. The van der Waals surface area contributed by atoms with Crippen LogP contribution in [0.5, 0.6) is 0 Å². The Labute approximate surface area is 147 Å². The van der Waals surface area contributed by atoms with Crippen LogP contribution < -0.4 is 5.32 Å². The second kappa shape index (κ2) is 6.95. The largest absolute Gasteiger partial charge is 0.310 e. The molecule has 1 aromatic heterocycles. The Morgan fingerprint density at radius 1 is 1.17 bits per heavy atom. The zero-order valence-electron chi connectivity index (χ0n) is 14.0. The number of piperidine rings is 1. The fourth-order valence-corrected chi connectivity index (χ4v) is 4.39. The number of halogens is 1. The lowest BCUT2D eigenvalue weighted by Crippen LogP contribution is -2.47. The number of benzene rings is 1. The average Bonchev–Trinajstić information content (AvgIpc) is 3.22. The third-order valence-corrected chi connectivity index (χ3v) is 6.17. The van der Waals surface area contributed by atoms with Gasteiger partial charge in [0.1, 0.15) is 5.67 Å². The molecule has 0 radical (unpaired) electrons. The van der Waals surface area contributed by atoms with Crippen LogP contribution in [0.2, 0.25) is 0 Å². The molecule has 4 heteroatoms. The van der Waals surface area contributed by atoms with Crippen molar-refractivity contribution in [3.05, 3.63) is 58.3 Å². The molecule has 0 spiro atoms. The lowest BCUT2D eigenvalue weighted by Gasteiger charge is -2.36. The molecule has 2 fully saturated rings. The van der Waals surface area contributed by atoms with Crippen LogP contribution >= 0.6 is 11.3 Å². The Bertz CT molecular complexity index is 635. The summed E-state index contributed by atoms with van der Waals surface area (Å²) in [5.41, 5.74) is 1.70. The van der Waals surface area contributed by atoms with Gasteiger partial charge in [-0.25, -0.2) is 4.39 Å². The molecule has 1 aromatic carbocycles. The van der Waals surface area contributed by atoms with Crippen molar-refractivity contribution in [2.75, 3.05) is 19.6 Å². The maximum atomic E-state index is 15.1. The van der Waals surface area contributed by atoms with Crippen LogP contribution in [0.3, 0.4) is 0 Å². The molecule has 1 N–H and O–H groups in total. The van der Waals surface area contributed by atoms with E-state index in [0.717, 1.165) is 26.1 Å². The molecule has 2 heterocycles. The highest BCUT2D eigenvalue weighted by Crippen LogP contribution is 2.41. The highest BCUT2D eigenvalue weighted by atomic mass is 32.1. The minimum absolute atomic E-state index is 0.462. The number of hydrogen-bond acceptors (Lipinski definition) is 3. The maximum absolute atomic E-state index is 15.1. The first-order chi connectivity index (χ1) is 11.7. The molecular formula is C20H25FN2S. The molecule has 2 aliphatic rings. The molecule has 1 aliphatic carbocycles. The minimum atomic E-state index is -1.03. The van der Waals surface area contributed by atoms with Crippen molar-refractivity contribution < 1.29 is 4.39 Å². The molecule has 24 heavy (non-hydrogen) atoms. The molecule has 1 aliphatic heterocycles. The molecule has 4 rings (SSSR count). The van der Waals surface area contributed by atoms with Crippen LogP contribution in [-0.4, -0.2) is 36.2 Å². The number of rotatable bonds is 6. The molecule has 128 valence electrons. The molecular weight excluding hydrogens is 319 g/mol. The molecule has 1 saturated heterocycles. The first kappa shape index (κ1) is 16.2. The minimum Gasteiger partial charge on any atom is -0.310 e. The fourth-order valence-electron chi connectivity index (χ4n) is 3.73. The topological polar surface area (TPSA) is 15.3 Å². The highest BCUT2D eigenvalue weighted by Gasteiger charge is 2.41. The van der Waals surface area contributed by atoms with E-state index in [1.165, 1.54) is 11.1 Å². The van der Waals surface area contributed by atoms with Gasteiger partial charge in [0.2, 0.25) is 0 Å². The van der Waals surface area contributed by atoms with Gasteiger partial charge in [0, 0.05) is 38.1 Å². The third-order valence-electron chi connectivity index (χ3n) is 5.44. The Morgan fingerprint density at radius 2 is 1.96 bits per heavy atom. The van der Waals surface area contributed by atoms with Gasteiger partial charge in [0.05, 0.1) is 0 Å². The van der Waals surface area contributed by atoms with Gasteiger partial charge in [-0.3, -0.25) is 4.90 Å². The van der Waals surface area contributed by atoms with E-state index in [-0.39, 0.29) is 0 Å². The first-order valence-corrected chi connectivity index (χ1v) is 9.87. The van der Waals surface area contributed by atoms with E-state index in [1.54, 1.807) is 11.3 Å². The smallest absolute Gasteiger partial charge is 0.125 e. The maximum Gasteiger partial charge on any atom is 0.125 e. The summed E-state index contributed by atoms with van der Waals surface area (Å²) >= 11 is 1.73. The van der Waals surface area contributed by atoms with Gasteiger partial charge in [-0.1, -0.05) is 30.3 Å². The normalized spacial score (nSPS) is 26.4. The van der Waals surface area contributed by atoms with E-state index in [9.17, 15) is 0 Å². The summed E-state index contributed by atoms with van der Waals surface area (Å²) in [4.78, 5) is 2.38. The fraction of sp³-hybridized carbons (Fsp3) is 0.500. The second-order valence-electron chi connectivity index (χ2n) is 7.30. The number of nitrogens with zero attached hydrogens (tertiary/aromatic N) is 1. The van der Waals surface area contributed by atoms with E-state index in [4.69, 9.17) is 0 Å². The molecule has 2 atom stereocenters. The van der Waals surface area contributed by atoms with Crippen molar-refractivity contribution in [3.63, 3.8) is 0 Å². The van der Waals surface area contributed by atoms with Gasteiger partial charge in [-0.05, 0) is 47.2 Å². The number of likely N-dealkylation sites (tertiary alicyclic amines) is 1. The predicted molar refractivity (Wildman–Crippen MR) is 98.3 cm³/mol. The van der Waals surface area contributed by atoms with Crippen molar-refractivity contribution in [2.45, 2.75) is 43.4 Å². The van der Waals surface area contributed by atoms with Crippen LogP contribution in [0.4, 0.5) is 4.39 Å². The van der Waals surface area contributed by atoms with Gasteiger partial charge < -0.3 is 5.32 Å². The lowest BCUT2D eigenvalue weighted by atomic mass is 9.93. The van der Waals surface area contributed by atoms with Crippen molar-refractivity contribution in [3.8, 4) is 0 Å². The highest BCUT2D eigenvalue weighted by molar-refractivity contribution is 7.07. The SMILES string of the molecule is FC1(CN[C@@H]2C[C@H]2c2ccccc2)CCN(Cc2ccsc2)CC1. The summed E-state index contributed by atoms with van der Waals surface area (Å²) < 4.78 is 15.1. The Morgan fingerprint density at radius 3 is 2.67 bits per heavy atom. The summed E-state index contributed by atoms with van der Waals surface area (Å²) in [6.45, 7) is 3.20. The zero-order valence-corrected chi connectivity index (χ0v) is 14.8. The van der Waals surface area contributed by atoms with E-state index < -0.39 is 5.67 Å². The van der Waals surface area contributed by atoms with E-state index >= 15 is 4.39 Å². The first-order valence-electron chi connectivity index (χ1n) is 8.93. The summed E-state index contributed by atoms with van der Waals surface area (Å²) in [6.07, 6.45) is 2.43. The van der Waals surface area contributed by atoms with Gasteiger partial charge >= 0.3 is 0 Å². The van der Waals surface area contributed by atoms with E-state index in [1.807, 2.05) is 0 Å². The summed E-state index contributed by atoms with van der Waals surface area (Å²) in [5, 5.41) is 7.79. The van der Waals surface area contributed by atoms with Crippen molar-refractivity contribution in [1.82, 2.24) is 10.2 Å². The van der Waals surface area contributed by atoms with Crippen LogP contribution in [0.1, 0.15) is 36.3 Å². The van der Waals surface area contributed by atoms with Gasteiger partial charge in [0.15, 0.2) is 0 Å². The predicted octanol–water partition coefficient (Wildman–Crippen LogP) is 4.20. The van der Waals surface area contributed by atoms with Gasteiger partial charge in [-0.15, -0.1) is 0 Å². The van der Waals surface area contributed by atoms with Crippen LogP contribution in [0.15, 0.2) is 47.2 Å². The monoisotopic (exact) mass is 344 g/mol. The Hall–Kier alpha value is -1.23. The molecule has 2 nitrogen and oxygen atoms in total. The summed E-state index contributed by atoms with van der Waals surface area (Å²) in [6, 6.07) is 13.2. The summed E-state index contributed by atoms with van der Waals surface area (Å²) in [7, 11) is 0. The van der Waals surface area contributed by atoms with E-state index in [2.05, 4.69) is 57.4 Å². The molecule has 0 amide bonds. The van der Waals surface area contributed by atoms with Gasteiger partial charge in [-0.2, -0.15) is 11.3 Å². The molecule has 0 unspecified atom stereocenters. The average molecular weight is 344 g/mol. The van der Waals surface area contributed by atoms with Crippen LogP contribution in [0, 0.1) is 0 Å². The molecule has 1 saturated carbocycles. The zero-order chi connectivity index (χ0) is 16.4. The number of thiophene rings is 1. The second-order valence-corrected chi connectivity index (χ2v) is 8.08. The van der Waals surface area contributed by atoms with Gasteiger partial charge in [0.25, 0.3) is 0 Å². The molecule has 0 bridgehead atoms. The lowest BCUT2D eigenvalue weighted by molar-refractivity contribution is 0.0544. The standard InChI is InChI=1S/C20H25FN2S/c21-20(7-9-23(10-8-20)13-16-6-11-24-14-16)15-22-19-12-18(19)17-4-2-1-3-5-17/h1-6,11,14,18-19,22H,7-10,12-13,15H2/t18-,19+/m0/s1. The number of hydrogen-bond donors (Lipinski definition) is 1. The van der Waals surface area contributed by atoms with Crippen molar-refractivity contribution in [2.24, 2.45) is 0 Å². The number of alkyl halides is 1. The Kier molecular flexibility index (Phi) is 4.70. The van der Waals surface area contributed by atoms with Crippen LogP contribution in [0.25, 0.3) is 0 Å². The summed E-state index contributed by atoms with van der Waals surface area (Å²) in [5.74, 6) is 0.577. The molecule has 2 aromatic rings. The number of nitrogens with one attached hydrogen (secondary N) is 1. The van der Waals surface area contributed by atoms with E-state index in [0.29, 0.717) is 31.3 Å².